The van der Waals surface area contributed by atoms with Crippen LogP contribution >= 0.6 is 15.9 Å². The molecule has 0 radical (unpaired) electrons. The third-order valence-electron chi connectivity index (χ3n) is 2.78. The Bertz CT molecular complexity index is 614. The predicted octanol–water partition coefficient (Wildman–Crippen LogP) is 4.44. The maximum atomic E-state index is 13.2. The maximum Gasteiger partial charge on any atom is 0.141 e. The van der Waals surface area contributed by atoms with E-state index in [-0.39, 0.29) is 0 Å². The van der Waals surface area contributed by atoms with Gasteiger partial charge in [-0.3, -0.25) is 0 Å². The van der Waals surface area contributed by atoms with Crippen LogP contribution in [0.5, 0.6) is 17.2 Å². The Kier molecular flexibility index (Phi) is 4.62. The molecule has 0 aliphatic heterocycles. The molecule has 20 heavy (non-hydrogen) atoms. The molecular weight excluding hydrogens is 327 g/mol. The lowest BCUT2D eigenvalue weighted by Crippen LogP contribution is -1.97. The minimum atomic E-state index is -0.822. The fraction of sp³-hybridized carbons (Fsp3) is 0.200. The molecule has 0 fully saturated rings. The van der Waals surface area contributed by atoms with Crippen LogP contribution in [0.4, 0.5) is 4.39 Å². The second kappa shape index (κ2) is 6.24. The number of rotatable bonds is 4. The van der Waals surface area contributed by atoms with Crippen LogP contribution in [0.15, 0.2) is 40.9 Å². The quantitative estimate of drug-likeness (QED) is 0.893. The molecule has 0 bridgehead atoms. The summed E-state index contributed by atoms with van der Waals surface area (Å²) in [6, 6.07) is 9.30. The largest absolute Gasteiger partial charge is 0.497 e. The van der Waals surface area contributed by atoms with Crippen LogP contribution in [0.25, 0.3) is 0 Å². The Hall–Kier alpha value is -1.59. The van der Waals surface area contributed by atoms with E-state index < -0.39 is 11.9 Å². The zero-order valence-corrected chi connectivity index (χ0v) is 12.6. The molecule has 1 atom stereocenters. The molecule has 0 aliphatic rings. The summed E-state index contributed by atoms with van der Waals surface area (Å²) in [5, 5.41) is 9.68. The normalized spacial score (nSPS) is 12.1. The van der Waals surface area contributed by atoms with E-state index >= 15 is 0 Å². The van der Waals surface area contributed by atoms with Gasteiger partial charge < -0.3 is 14.6 Å². The third kappa shape index (κ3) is 3.29. The van der Waals surface area contributed by atoms with Crippen molar-refractivity contribution in [2.75, 3.05) is 7.11 Å². The number of aliphatic hydroxyl groups is 1. The van der Waals surface area contributed by atoms with Gasteiger partial charge in [-0.1, -0.05) is 0 Å². The van der Waals surface area contributed by atoms with Gasteiger partial charge in [-0.25, -0.2) is 4.39 Å². The highest BCUT2D eigenvalue weighted by atomic mass is 79.9. The first-order valence-corrected chi connectivity index (χ1v) is 6.79. The van der Waals surface area contributed by atoms with Gasteiger partial charge in [-0.15, -0.1) is 0 Å². The number of hydrogen-bond donors (Lipinski definition) is 1. The summed E-state index contributed by atoms with van der Waals surface area (Å²) < 4.78 is 24.8. The molecule has 0 unspecified atom stereocenters. The number of hydrogen-bond acceptors (Lipinski definition) is 3. The number of methoxy groups -OCH3 is 1. The van der Waals surface area contributed by atoms with Gasteiger partial charge in [0.2, 0.25) is 0 Å². The zero-order chi connectivity index (χ0) is 14.7. The van der Waals surface area contributed by atoms with Gasteiger partial charge in [0.05, 0.1) is 17.7 Å². The van der Waals surface area contributed by atoms with E-state index in [1.807, 2.05) is 0 Å². The highest BCUT2D eigenvalue weighted by Crippen LogP contribution is 2.35. The second-order valence-electron chi connectivity index (χ2n) is 4.26. The number of halogens is 2. The minimum Gasteiger partial charge on any atom is -0.497 e. The summed E-state index contributed by atoms with van der Waals surface area (Å²) in [6.45, 7) is 1.56. The van der Waals surface area contributed by atoms with Crippen molar-refractivity contribution >= 4 is 15.9 Å². The Morgan fingerprint density at radius 1 is 1.15 bits per heavy atom. The van der Waals surface area contributed by atoms with Crippen molar-refractivity contribution in [2.45, 2.75) is 13.0 Å². The lowest BCUT2D eigenvalue weighted by atomic mass is 10.1. The van der Waals surface area contributed by atoms with Crippen molar-refractivity contribution in [1.82, 2.24) is 0 Å². The predicted molar refractivity (Wildman–Crippen MR) is 77.8 cm³/mol. The maximum absolute atomic E-state index is 13.2. The van der Waals surface area contributed by atoms with Crippen LogP contribution in [0.3, 0.4) is 0 Å². The molecule has 0 saturated carbocycles. The first-order valence-electron chi connectivity index (χ1n) is 6.00. The molecular formula is C15H14BrFO3. The van der Waals surface area contributed by atoms with E-state index in [1.54, 1.807) is 32.2 Å². The Labute approximate surface area is 125 Å². The fourth-order valence-corrected chi connectivity index (χ4v) is 2.19. The molecule has 0 amide bonds. The van der Waals surface area contributed by atoms with Crippen LogP contribution in [-0.4, -0.2) is 12.2 Å². The monoisotopic (exact) mass is 340 g/mol. The zero-order valence-electron chi connectivity index (χ0n) is 11.1. The van der Waals surface area contributed by atoms with E-state index in [2.05, 4.69) is 15.9 Å². The molecule has 0 saturated heterocycles. The number of aliphatic hydroxyl groups excluding tert-OH is 1. The molecule has 2 aromatic carbocycles. The molecule has 5 heteroatoms. The molecule has 0 aliphatic carbocycles. The molecule has 0 spiro atoms. The van der Waals surface area contributed by atoms with Gasteiger partial charge >= 0.3 is 0 Å². The van der Waals surface area contributed by atoms with Crippen LogP contribution in [0.1, 0.15) is 18.6 Å². The van der Waals surface area contributed by atoms with Crippen LogP contribution in [0, 0.1) is 5.82 Å². The van der Waals surface area contributed by atoms with Gasteiger partial charge in [0, 0.05) is 5.56 Å². The SMILES string of the molecule is COc1ccc(Oc2ccc(F)cc2[C@@H](C)O)c(Br)c1. The van der Waals surface area contributed by atoms with Gasteiger partial charge in [0.15, 0.2) is 0 Å². The van der Waals surface area contributed by atoms with Crippen LogP contribution < -0.4 is 9.47 Å². The number of benzene rings is 2. The van der Waals surface area contributed by atoms with E-state index in [0.29, 0.717) is 27.3 Å². The molecule has 1 N–H and O–H groups in total. The molecule has 2 rings (SSSR count). The van der Waals surface area contributed by atoms with E-state index in [0.717, 1.165) is 0 Å². The first kappa shape index (κ1) is 14.8. The topological polar surface area (TPSA) is 38.7 Å². The van der Waals surface area contributed by atoms with E-state index in [9.17, 15) is 9.50 Å². The smallest absolute Gasteiger partial charge is 0.141 e. The summed E-state index contributed by atoms with van der Waals surface area (Å²) in [7, 11) is 1.58. The Morgan fingerprint density at radius 2 is 1.85 bits per heavy atom. The fourth-order valence-electron chi connectivity index (χ4n) is 1.75. The van der Waals surface area contributed by atoms with Crippen LogP contribution in [0.2, 0.25) is 0 Å². The summed E-state index contributed by atoms with van der Waals surface area (Å²) in [4.78, 5) is 0. The summed E-state index contributed by atoms with van der Waals surface area (Å²) in [5.74, 6) is 1.24. The van der Waals surface area contributed by atoms with Crippen LogP contribution in [-0.2, 0) is 0 Å². The van der Waals surface area contributed by atoms with Crippen molar-refractivity contribution in [3.05, 3.63) is 52.3 Å². The second-order valence-corrected chi connectivity index (χ2v) is 5.11. The van der Waals surface area contributed by atoms with Gasteiger partial charge in [0.1, 0.15) is 23.1 Å². The van der Waals surface area contributed by atoms with Crippen molar-refractivity contribution in [1.29, 1.82) is 0 Å². The molecule has 106 valence electrons. The third-order valence-corrected chi connectivity index (χ3v) is 3.40. The van der Waals surface area contributed by atoms with Crippen molar-refractivity contribution in [2.24, 2.45) is 0 Å². The lowest BCUT2D eigenvalue weighted by Gasteiger charge is -2.14. The number of ether oxygens (including phenoxy) is 2. The van der Waals surface area contributed by atoms with Crippen molar-refractivity contribution < 1.29 is 19.0 Å². The average molecular weight is 341 g/mol. The standard InChI is InChI=1S/C15H14BrFO3/c1-9(18)12-7-10(17)3-5-14(12)20-15-6-4-11(19-2)8-13(15)16/h3-9,18H,1-2H3/t9-/m1/s1. The van der Waals surface area contributed by atoms with Gasteiger partial charge in [0.25, 0.3) is 0 Å². The summed E-state index contributed by atoms with van der Waals surface area (Å²) in [6.07, 6.45) is -0.822. The summed E-state index contributed by atoms with van der Waals surface area (Å²) in [5.41, 5.74) is 0.396. The van der Waals surface area contributed by atoms with Crippen molar-refractivity contribution in [3.8, 4) is 17.2 Å². The van der Waals surface area contributed by atoms with E-state index in [1.165, 1.54) is 18.2 Å². The molecule has 3 nitrogen and oxygen atoms in total. The lowest BCUT2D eigenvalue weighted by molar-refractivity contribution is 0.195. The molecule has 0 aromatic heterocycles. The Balaban J connectivity index is 2.35. The Morgan fingerprint density at radius 3 is 2.45 bits per heavy atom. The highest BCUT2D eigenvalue weighted by Gasteiger charge is 2.13. The van der Waals surface area contributed by atoms with E-state index in [4.69, 9.17) is 9.47 Å². The highest BCUT2D eigenvalue weighted by molar-refractivity contribution is 9.10. The van der Waals surface area contributed by atoms with Gasteiger partial charge in [-0.05, 0) is 59.3 Å². The minimum absolute atomic E-state index is 0.396. The molecule has 2 aromatic rings. The average Bonchev–Trinajstić information content (AvgIpc) is 2.42. The van der Waals surface area contributed by atoms with Crippen molar-refractivity contribution in [3.63, 3.8) is 0 Å². The summed E-state index contributed by atoms with van der Waals surface area (Å²) >= 11 is 3.38. The van der Waals surface area contributed by atoms with Gasteiger partial charge in [-0.2, -0.15) is 0 Å². The molecule has 0 heterocycles. The first-order chi connectivity index (χ1) is 9.51.